The van der Waals surface area contributed by atoms with Gasteiger partial charge in [-0.25, -0.2) is 4.98 Å². The standard InChI is InChI=1S/C13H20IN3O/c1-10-12(14)13(18)17(9-15-10)8-6-11-5-3-4-7-16(11)2/h9,11H,3-8H2,1-2H3. The predicted molar refractivity (Wildman–Crippen MR) is 80.8 cm³/mol. The molecule has 0 bridgehead atoms. The van der Waals surface area contributed by atoms with E-state index in [0.29, 0.717) is 6.04 Å². The highest BCUT2D eigenvalue weighted by molar-refractivity contribution is 14.1. The number of halogens is 1. The smallest absolute Gasteiger partial charge is 0.266 e. The van der Waals surface area contributed by atoms with E-state index in [4.69, 9.17) is 0 Å². The maximum atomic E-state index is 12.0. The van der Waals surface area contributed by atoms with E-state index in [1.165, 1.54) is 25.8 Å². The van der Waals surface area contributed by atoms with Crippen molar-refractivity contribution >= 4 is 22.6 Å². The number of piperidine rings is 1. The summed E-state index contributed by atoms with van der Waals surface area (Å²) in [6.45, 7) is 3.84. The van der Waals surface area contributed by atoms with E-state index in [2.05, 4.69) is 39.5 Å². The second-order valence-electron chi connectivity index (χ2n) is 5.06. The van der Waals surface area contributed by atoms with Crippen molar-refractivity contribution in [3.05, 3.63) is 25.9 Å². The van der Waals surface area contributed by atoms with Crippen molar-refractivity contribution in [1.29, 1.82) is 0 Å². The lowest BCUT2D eigenvalue weighted by atomic mass is 10.0. The highest BCUT2D eigenvalue weighted by atomic mass is 127. The van der Waals surface area contributed by atoms with Gasteiger partial charge in [-0.2, -0.15) is 0 Å². The Kier molecular flexibility index (Phi) is 4.77. The number of hydrogen-bond acceptors (Lipinski definition) is 3. The number of likely N-dealkylation sites (tertiary alicyclic amines) is 1. The Hall–Kier alpha value is -0.430. The van der Waals surface area contributed by atoms with E-state index < -0.39 is 0 Å². The lowest BCUT2D eigenvalue weighted by Gasteiger charge is -2.32. The fraction of sp³-hybridized carbons (Fsp3) is 0.692. The molecule has 1 aliphatic heterocycles. The molecule has 0 N–H and O–H groups in total. The van der Waals surface area contributed by atoms with E-state index in [-0.39, 0.29) is 5.56 Å². The minimum Gasteiger partial charge on any atom is -0.303 e. The number of rotatable bonds is 3. The Morgan fingerprint density at radius 2 is 2.28 bits per heavy atom. The average Bonchev–Trinajstić information content (AvgIpc) is 2.37. The van der Waals surface area contributed by atoms with Gasteiger partial charge in [0.25, 0.3) is 5.56 Å². The molecule has 1 unspecified atom stereocenters. The summed E-state index contributed by atoms with van der Waals surface area (Å²) in [5.41, 5.74) is 0.924. The normalized spacial score (nSPS) is 21.2. The summed E-state index contributed by atoms with van der Waals surface area (Å²) in [6.07, 6.45) is 6.59. The van der Waals surface area contributed by atoms with Gasteiger partial charge < -0.3 is 4.90 Å². The summed E-state index contributed by atoms with van der Waals surface area (Å²) >= 11 is 2.09. The van der Waals surface area contributed by atoms with Crippen molar-refractivity contribution in [2.45, 2.75) is 45.2 Å². The van der Waals surface area contributed by atoms with Crippen molar-refractivity contribution in [1.82, 2.24) is 14.5 Å². The SMILES string of the molecule is Cc1ncn(CCC2CCCCN2C)c(=O)c1I. The van der Waals surface area contributed by atoms with Crippen LogP contribution in [-0.2, 0) is 6.54 Å². The van der Waals surface area contributed by atoms with Crippen molar-refractivity contribution in [3.63, 3.8) is 0 Å². The largest absolute Gasteiger partial charge is 0.303 e. The van der Waals surface area contributed by atoms with E-state index in [1.807, 2.05) is 6.92 Å². The fourth-order valence-electron chi connectivity index (χ4n) is 2.50. The van der Waals surface area contributed by atoms with Gasteiger partial charge in [0.1, 0.15) is 0 Å². The maximum Gasteiger partial charge on any atom is 0.266 e. The molecule has 2 rings (SSSR count). The molecule has 0 amide bonds. The van der Waals surface area contributed by atoms with Crippen LogP contribution in [0.4, 0.5) is 0 Å². The lowest BCUT2D eigenvalue weighted by Crippen LogP contribution is -2.37. The highest BCUT2D eigenvalue weighted by Gasteiger charge is 2.18. The summed E-state index contributed by atoms with van der Waals surface area (Å²) in [5.74, 6) is 0. The molecule has 5 heteroatoms. The Morgan fingerprint density at radius 1 is 1.50 bits per heavy atom. The molecule has 1 saturated heterocycles. The average molecular weight is 361 g/mol. The molecule has 0 saturated carbocycles. The molecule has 1 atom stereocenters. The summed E-state index contributed by atoms with van der Waals surface area (Å²) in [4.78, 5) is 18.7. The van der Waals surface area contributed by atoms with E-state index in [0.717, 1.165) is 22.2 Å². The highest BCUT2D eigenvalue weighted by Crippen LogP contribution is 2.18. The van der Waals surface area contributed by atoms with E-state index >= 15 is 0 Å². The summed E-state index contributed by atoms with van der Waals surface area (Å²) in [5, 5.41) is 0. The van der Waals surface area contributed by atoms with Crippen LogP contribution in [0.1, 0.15) is 31.4 Å². The van der Waals surface area contributed by atoms with Crippen molar-refractivity contribution < 1.29 is 0 Å². The van der Waals surface area contributed by atoms with Crippen LogP contribution in [0.5, 0.6) is 0 Å². The molecule has 2 heterocycles. The van der Waals surface area contributed by atoms with Crippen molar-refractivity contribution in [3.8, 4) is 0 Å². The van der Waals surface area contributed by atoms with Gasteiger partial charge in [0.2, 0.25) is 0 Å². The van der Waals surface area contributed by atoms with E-state index in [1.54, 1.807) is 10.9 Å². The van der Waals surface area contributed by atoms with Crippen LogP contribution in [0.3, 0.4) is 0 Å². The molecule has 1 aromatic rings. The first kappa shape index (κ1) is 14.0. The predicted octanol–water partition coefficient (Wildman–Crippen LogP) is 2.03. The van der Waals surface area contributed by atoms with Gasteiger partial charge in [-0.3, -0.25) is 9.36 Å². The molecule has 4 nitrogen and oxygen atoms in total. The zero-order valence-electron chi connectivity index (χ0n) is 11.0. The molecule has 0 aliphatic carbocycles. The second kappa shape index (κ2) is 6.14. The monoisotopic (exact) mass is 361 g/mol. The number of nitrogens with zero attached hydrogens (tertiary/aromatic N) is 3. The van der Waals surface area contributed by atoms with Gasteiger partial charge in [0.05, 0.1) is 15.6 Å². The molecular weight excluding hydrogens is 341 g/mol. The zero-order chi connectivity index (χ0) is 13.1. The third-order valence-electron chi connectivity index (χ3n) is 3.78. The second-order valence-corrected chi connectivity index (χ2v) is 6.14. The minimum atomic E-state index is 0.0987. The zero-order valence-corrected chi connectivity index (χ0v) is 13.2. The van der Waals surface area contributed by atoms with Gasteiger partial charge in [-0.05, 0) is 62.4 Å². The molecule has 1 aromatic heterocycles. The van der Waals surface area contributed by atoms with Crippen LogP contribution in [-0.4, -0.2) is 34.1 Å². The van der Waals surface area contributed by atoms with Gasteiger partial charge in [0, 0.05) is 12.6 Å². The van der Waals surface area contributed by atoms with Crippen LogP contribution in [0.15, 0.2) is 11.1 Å². The third kappa shape index (κ3) is 3.12. The molecule has 0 spiro atoms. The Labute approximate surface area is 122 Å². The Morgan fingerprint density at radius 3 is 3.00 bits per heavy atom. The third-order valence-corrected chi connectivity index (χ3v) is 5.02. The summed E-state index contributed by atoms with van der Waals surface area (Å²) < 4.78 is 2.49. The first-order valence-corrected chi connectivity index (χ1v) is 7.59. The quantitative estimate of drug-likeness (QED) is 0.774. The van der Waals surface area contributed by atoms with Crippen LogP contribution < -0.4 is 5.56 Å². The molecule has 18 heavy (non-hydrogen) atoms. The summed E-state index contributed by atoms with van der Waals surface area (Å²) in [7, 11) is 2.18. The van der Waals surface area contributed by atoms with Crippen LogP contribution in [0.25, 0.3) is 0 Å². The van der Waals surface area contributed by atoms with Crippen LogP contribution in [0, 0.1) is 10.5 Å². The number of aromatic nitrogens is 2. The molecule has 100 valence electrons. The first-order chi connectivity index (χ1) is 8.59. The number of hydrogen-bond donors (Lipinski definition) is 0. The number of aryl methyl sites for hydroxylation is 2. The first-order valence-electron chi connectivity index (χ1n) is 6.51. The summed E-state index contributed by atoms with van der Waals surface area (Å²) in [6, 6.07) is 0.615. The topological polar surface area (TPSA) is 38.1 Å². The lowest BCUT2D eigenvalue weighted by molar-refractivity contribution is 0.170. The molecule has 1 fully saturated rings. The molecule has 0 aromatic carbocycles. The fourth-order valence-corrected chi connectivity index (χ4v) is 2.95. The van der Waals surface area contributed by atoms with E-state index in [9.17, 15) is 4.79 Å². The van der Waals surface area contributed by atoms with Crippen molar-refractivity contribution in [2.24, 2.45) is 0 Å². The van der Waals surface area contributed by atoms with Gasteiger partial charge in [-0.1, -0.05) is 6.42 Å². The Bertz CT molecular complexity index is 472. The molecule has 0 radical (unpaired) electrons. The molecular formula is C13H20IN3O. The molecule has 1 aliphatic rings. The minimum absolute atomic E-state index is 0.0987. The Balaban J connectivity index is 2.02. The van der Waals surface area contributed by atoms with Gasteiger partial charge in [0.15, 0.2) is 0 Å². The van der Waals surface area contributed by atoms with Gasteiger partial charge >= 0.3 is 0 Å². The van der Waals surface area contributed by atoms with Gasteiger partial charge in [-0.15, -0.1) is 0 Å². The van der Waals surface area contributed by atoms with Crippen molar-refractivity contribution in [2.75, 3.05) is 13.6 Å². The maximum absolute atomic E-state index is 12.0. The van der Waals surface area contributed by atoms with Crippen LogP contribution in [0.2, 0.25) is 0 Å². The van der Waals surface area contributed by atoms with Crippen LogP contribution >= 0.6 is 22.6 Å².